The first-order valence-corrected chi connectivity index (χ1v) is 11.5. The lowest BCUT2D eigenvalue weighted by Crippen LogP contribution is -2.52. The number of nitrogens with one attached hydrogen (secondary N) is 2. The van der Waals surface area contributed by atoms with Gasteiger partial charge in [0.1, 0.15) is 18.8 Å². The van der Waals surface area contributed by atoms with E-state index in [0.717, 1.165) is 47.2 Å². The van der Waals surface area contributed by atoms with Crippen LogP contribution in [-0.2, 0) is 27.2 Å². The van der Waals surface area contributed by atoms with E-state index >= 15 is 0 Å². The lowest BCUT2D eigenvalue weighted by molar-refractivity contribution is -0.149. The SMILES string of the molecule is CC1COCC(=O)N1CC(=O)N(C)c1ccc2cc(-c3n[nH]c4c3CCC(C)(C)C4)[nH]c2c1. The van der Waals surface area contributed by atoms with Crippen molar-refractivity contribution >= 4 is 28.4 Å². The second-order valence-electron chi connectivity index (χ2n) is 10.2. The molecular weight excluding hydrogens is 418 g/mol. The fourth-order valence-electron chi connectivity index (χ4n) is 4.90. The molecule has 1 atom stereocenters. The summed E-state index contributed by atoms with van der Waals surface area (Å²) >= 11 is 0. The maximum Gasteiger partial charge on any atom is 0.249 e. The molecule has 2 N–H and O–H groups in total. The van der Waals surface area contributed by atoms with Gasteiger partial charge in [0.05, 0.1) is 18.3 Å². The number of carbonyl (C=O) groups is 2. The molecule has 1 fully saturated rings. The number of carbonyl (C=O) groups excluding carboxylic acids is 2. The van der Waals surface area contributed by atoms with Crippen LogP contribution < -0.4 is 4.90 Å². The molecule has 0 radical (unpaired) electrons. The molecule has 8 heteroatoms. The van der Waals surface area contributed by atoms with Crippen LogP contribution in [0.25, 0.3) is 22.3 Å². The van der Waals surface area contributed by atoms with Crippen LogP contribution in [0.4, 0.5) is 5.69 Å². The van der Waals surface area contributed by atoms with Crippen molar-refractivity contribution in [3.8, 4) is 11.4 Å². The van der Waals surface area contributed by atoms with Gasteiger partial charge in [0.2, 0.25) is 11.8 Å². The Morgan fingerprint density at radius 1 is 1.33 bits per heavy atom. The Bertz CT molecular complexity index is 1220. The highest BCUT2D eigenvalue weighted by atomic mass is 16.5. The second-order valence-corrected chi connectivity index (χ2v) is 10.2. The third kappa shape index (κ3) is 4.04. The fraction of sp³-hybridized carbons (Fsp3) is 0.480. The molecule has 0 saturated carbocycles. The van der Waals surface area contributed by atoms with Crippen LogP contribution in [0.15, 0.2) is 24.3 Å². The predicted octanol–water partition coefficient (Wildman–Crippen LogP) is 3.28. The first-order valence-electron chi connectivity index (χ1n) is 11.5. The second kappa shape index (κ2) is 8.02. The number of anilines is 1. The Morgan fingerprint density at radius 3 is 2.94 bits per heavy atom. The van der Waals surface area contributed by atoms with E-state index in [1.54, 1.807) is 16.8 Å². The number of H-pyrrole nitrogens is 2. The lowest BCUT2D eigenvalue weighted by Gasteiger charge is -2.33. The van der Waals surface area contributed by atoms with E-state index in [4.69, 9.17) is 4.74 Å². The molecule has 0 bridgehead atoms. The van der Waals surface area contributed by atoms with Crippen LogP contribution in [0.2, 0.25) is 0 Å². The molecule has 8 nitrogen and oxygen atoms in total. The van der Waals surface area contributed by atoms with Gasteiger partial charge in [0.15, 0.2) is 0 Å². The zero-order valence-corrected chi connectivity index (χ0v) is 19.7. The van der Waals surface area contributed by atoms with E-state index in [1.807, 2.05) is 25.1 Å². The van der Waals surface area contributed by atoms with Crippen LogP contribution >= 0.6 is 0 Å². The molecule has 5 rings (SSSR count). The minimum absolute atomic E-state index is 0.0347. The summed E-state index contributed by atoms with van der Waals surface area (Å²) in [6, 6.07) is 7.93. The van der Waals surface area contributed by atoms with Gasteiger partial charge in [-0.05, 0) is 49.8 Å². The van der Waals surface area contributed by atoms with E-state index < -0.39 is 0 Å². The van der Waals surface area contributed by atoms with Crippen LogP contribution in [0.1, 0.15) is 38.4 Å². The lowest BCUT2D eigenvalue weighted by atomic mass is 9.76. The summed E-state index contributed by atoms with van der Waals surface area (Å²) in [5.74, 6) is -0.280. The van der Waals surface area contributed by atoms with E-state index in [2.05, 4.69) is 35.1 Å². The van der Waals surface area contributed by atoms with Gasteiger partial charge in [-0.1, -0.05) is 19.9 Å². The van der Waals surface area contributed by atoms with Gasteiger partial charge in [-0.2, -0.15) is 5.10 Å². The summed E-state index contributed by atoms with van der Waals surface area (Å²) < 4.78 is 5.25. The average Bonchev–Trinajstić information content (AvgIpc) is 3.37. The highest BCUT2D eigenvalue weighted by Gasteiger charge is 2.30. The standard InChI is InChI=1S/C25H31N5O3/c1-15-13-33-14-23(32)30(15)12-22(31)29(4)17-6-5-16-9-20(26-19(16)10-17)24-18-7-8-25(2,3)11-21(18)27-28-24/h5-6,9-10,15,26H,7-8,11-14H2,1-4H3,(H,27,28). The van der Waals surface area contributed by atoms with Crippen LogP contribution in [0.5, 0.6) is 0 Å². The number of likely N-dealkylation sites (N-methyl/N-ethyl adjacent to an activating group) is 1. The Labute approximate surface area is 193 Å². The molecule has 0 spiro atoms. The number of hydrogen-bond acceptors (Lipinski definition) is 4. The Kier molecular flexibility index (Phi) is 5.28. The molecule has 2 amide bonds. The molecule has 174 valence electrons. The molecule has 1 aliphatic heterocycles. The normalized spacial score (nSPS) is 20.2. The molecule has 33 heavy (non-hydrogen) atoms. The van der Waals surface area contributed by atoms with Gasteiger partial charge < -0.3 is 19.5 Å². The van der Waals surface area contributed by atoms with Gasteiger partial charge in [-0.15, -0.1) is 0 Å². The number of aromatic nitrogens is 3. The zero-order valence-electron chi connectivity index (χ0n) is 19.7. The van der Waals surface area contributed by atoms with E-state index in [9.17, 15) is 9.59 Å². The van der Waals surface area contributed by atoms with Crippen LogP contribution in [0, 0.1) is 5.41 Å². The molecule has 2 aromatic heterocycles. The van der Waals surface area contributed by atoms with Crippen molar-refractivity contribution < 1.29 is 14.3 Å². The number of benzene rings is 1. The molecule has 3 heterocycles. The van der Waals surface area contributed by atoms with Crippen LogP contribution in [0.3, 0.4) is 0 Å². The molecular formula is C25H31N5O3. The zero-order chi connectivity index (χ0) is 23.3. The number of rotatable bonds is 4. The summed E-state index contributed by atoms with van der Waals surface area (Å²) in [6.07, 6.45) is 3.18. The van der Waals surface area contributed by atoms with Crippen molar-refractivity contribution in [2.24, 2.45) is 5.41 Å². The summed E-state index contributed by atoms with van der Waals surface area (Å²) in [4.78, 5) is 31.7. The van der Waals surface area contributed by atoms with Crippen LogP contribution in [-0.4, -0.2) is 64.7 Å². The first kappa shape index (κ1) is 21.7. The number of hydrogen-bond donors (Lipinski definition) is 2. The quantitative estimate of drug-likeness (QED) is 0.639. The number of fused-ring (bicyclic) bond motifs is 2. The molecule has 1 unspecified atom stereocenters. The largest absolute Gasteiger partial charge is 0.370 e. The van der Waals surface area contributed by atoms with Gasteiger partial charge in [0, 0.05) is 34.9 Å². The Hall–Kier alpha value is -3.13. The molecule has 3 aromatic rings. The van der Waals surface area contributed by atoms with Crippen molar-refractivity contribution in [3.63, 3.8) is 0 Å². The van der Waals surface area contributed by atoms with E-state index in [-0.39, 0.29) is 31.0 Å². The highest BCUT2D eigenvalue weighted by molar-refractivity contribution is 5.98. The third-order valence-electron chi connectivity index (χ3n) is 7.03. The maximum atomic E-state index is 12.9. The number of nitrogens with zero attached hydrogens (tertiary/aromatic N) is 3. The third-order valence-corrected chi connectivity index (χ3v) is 7.03. The minimum Gasteiger partial charge on any atom is -0.370 e. The number of amides is 2. The van der Waals surface area contributed by atoms with E-state index in [1.165, 1.54) is 11.3 Å². The smallest absolute Gasteiger partial charge is 0.249 e. The number of ether oxygens (including phenoxy) is 1. The van der Waals surface area contributed by atoms with Crippen molar-refractivity contribution in [2.75, 3.05) is 31.7 Å². The fourth-order valence-corrected chi connectivity index (χ4v) is 4.90. The summed E-state index contributed by atoms with van der Waals surface area (Å²) in [5, 5.41) is 8.95. The van der Waals surface area contributed by atoms with Crippen molar-refractivity contribution in [2.45, 2.75) is 46.1 Å². The van der Waals surface area contributed by atoms with Crippen molar-refractivity contribution in [3.05, 3.63) is 35.5 Å². The number of aromatic amines is 2. The van der Waals surface area contributed by atoms with Crippen molar-refractivity contribution in [1.82, 2.24) is 20.1 Å². The summed E-state index contributed by atoms with van der Waals surface area (Å²) in [5.41, 5.74) is 6.54. The van der Waals surface area contributed by atoms with Gasteiger partial charge in [0.25, 0.3) is 0 Å². The average molecular weight is 450 g/mol. The highest BCUT2D eigenvalue weighted by Crippen LogP contribution is 2.38. The van der Waals surface area contributed by atoms with E-state index in [0.29, 0.717) is 12.0 Å². The Morgan fingerprint density at radius 2 is 2.15 bits per heavy atom. The van der Waals surface area contributed by atoms with Gasteiger partial charge in [-0.25, -0.2) is 0 Å². The molecule has 1 saturated heterocycles. The topological polar surface area (TPSA) is 94.3 Å². The molecule has 1 aliphatic carbocycles. The summed E-state index contributed by atoms with van der Waals surface area (Å²) in [6.45, 7) is 7.03. The predicted molar refractivity (Wildman–Crippen MR) is 127 cm³/mol. The summed E-state index contributed by atoms with van der Waals surface area (Å²) in [7, 11) is 1.74. The first-order chi connectivity index (χ1) is 15.7. The monoisotopic (exact) mass is 449 g/mol. The number of morpholine rings is 1. The van der Waals surface area contributed by atoms with Gasteiger partial charge in [-0.3, -0.25) is 14.7 Å². The maximum absolute atomic E-state index is 12.9. The van der Waals surface area contributed by atoms with Crippen molar-refractivity contribution in [1.29, 1.82) is 0 Å². The molecule has 1 aromatic carbocycles. The molecule has 2 aliphatic rings. The minimum atomic E-state index is -0.148. The van der Waals surface area contributed by atoms with Gasteiger partial charge >= 0.3 is 0 Å². The Balaban J connectivity index is 1.37.